The number of rotatable bonds is 22. The molecule has 292 valence electrons. The monoisotopic (exact) mass is 727 g/mol. The van der Waals surface area contributed by atoms with E-state index in [2.05, 4.69) is 65.8 Å². The molecule has 13 nitrogen and oxygen atoms in total. The highest BCUT2D eigenvalue weighted by Gasteiger charge is 2.31. The molecule has 0 fully saturated rings. The lowest BCUT2D eigenvalue weighted by Gasteiger charge is -2.27. The number of carbonyl (C=O) groups is 5. The van der Waals surface area contributed by atoms with E-state index in [0.717, 1.165) is 37.8 Å². The van der Waals surface area contributed by atoms with Crippen LogP contribution in [0.25, 0.3) is 0 Å². The number of hydrogen-bond donors (Lipinski definition) is 6. The molecule has 0 aliphatic rings. The van der Waals surface area contributed by atoms with Crippen LogP contribution in [0.3, 0.4) is 0 Å². The van der Waals surface area contributed by atoms with Crippen molar-refractivity contribution >= 4 is 41.3 Å². The maximum Gasteiger partial charge on any atom is 0.254 e. The highest BCUT2D eigenvalue weighted by Crippen LogP contribution is 2.24. The Labute approximate surface area is 311 Å². The number of nitrogens with one attached hydrogen (secondary N) is 4. The number of hydrogen-bond acceptors (Lipinski definition) is 9. The highest BCUT2D eigenvalue weighted by atomic mass is 16.3. The number of amides is 4. The third kappa shape index (κ3) is 16.1. The molecule has 1 aromatic carbocycles. The van der Waals surface area contributed by atoms with Gasteiger partial charge in [-0.3, -0.25) is 29.0 Å². The Morgan fingerprint density at radius 1 is 0.827 bits per heavy atom. The van der Waals surface area contributed by atoms with E-state index in [0.29, 0.717) is 12.1 Å². The van der Waals surface area contributed by atoms with Crippen LogP contribution in [0.5, 0.6) is 0 Å². The van der Waals surface area contributed by atoms with Crippen LogP contribution in [0.4, 0.5) is 5.69 Å². The Balaban J connectivity index is 3.07. The molecule has 0 saturated heterocycles. The molecule has 13 heteroatoms. The van der Waals surface area contributed by atoms with Crippen molar-refractivity contribution in [3.63, 3.8) is 0 Å². The van der Waals surface area contributed by atoms with Crippen LogP contribution in [0.15, 0.2) is 41.0 Å². The van der Waals surface area contributed by atoms with Crippen molar-refractivity contribution in [3.8, 4) is 0 Å². The SMILES string of the molecule is CCN(CC)CCCC[C@H](NC(=O)[C@H](CC(C)C)NC(=O)[C@H](C)NC(=O)/C(C=Nc1ccc(C(C)(C)C)cc1)=C/N)C(=O)N[C@@H](CO)C(=O)C(C)C. The zero-order valence-electron chi connectivity index (χ0n) is 33.0. The summed E-state index contributed by atoms with van der Waals surface area (Å²) >= 11 is 0. The van der Waals surface area contributed by atoms with Crippen LogP contribution in [0, 0.1) is 11.8 Å². The third-order valence-corrected chi connectivity index (χ3v) is 8.76. The van der Waals surface area contributed by atoms with Gasteiger partial charge in [-0.05, 0) is 81.3 Å². The molecule has 7 N–H and O–H groups in total. The van der Waals surface area contributed by atoms with Crippen LogP contribution >= 0.6 is 0 Å². The van der Waals surface area contributed by atoms with Gasteiger partial charge in [0.15, 0.2) is 5.78 Å². The van der Waals surface area contributed by atoms with Crippen molar-refractivity contribution in [2.24, 2.45) is 22.6 Å². The predicted octanol–water partition coefficient (Wildman–Crippen LogP) is 3.26. The van der Waals surface area contributed by atoms with E-state index in [1.807, 2.05) is 38.1 Å². The number of ketones is 1. The molecule has 0 aliphatic heterocycles. The molecule has 0 aromatic heterocycles. The Morgan fingerprint density at radius 2 is 1.38 bits per heavy atom. The average Bonchev–Trinajstić information content (AvgIpc) is 3.08. The molecule has 0 bridgehead atoms. The topological polar surface area (TPSA) is 195 Å². The van der Waals surface area contributed by atoms with E-state index >= 15 is 0 Å². The van der Waals surface area contributed by atoms with E-state index in [4.69, 9.17) is 5.73 Å². The van der Waals surface area contributed by atoms with Gasteiger partial charge in [0.2, 0.25) is 17.7 Å². The number of aliphatic imine (C=N–C) groups is 1. The summed E-state index contributed by atoms with van der Waals surface area (Å²) in [5, 5.41) is 20.6. The Bertz CT molecular complexity index is 1360. The lowest BCUT2D eigenvalue weighted by Crippen LogP contribution is -2.58. The minimum absolute atomic E-state index is 0.00909. The standard InChI is InChI=1S/C39H65N7O6/c1-11-46(12-2)20-14-13-15-31(37(51)45-33(24-47)34(48)26(5)6)43-38(52)32(21-25(3)4)44-35(49)27(7)42-36(50)28(22-40)23-41-30-18-16-29(17-19-30)39(8,9)10/h16-19,22-23,25-27,31-33,47H,11-15,20-21,24,40H2,1-10H3,(H,42,50)(H,43,52)(H,44,49)(H,45,51)/b28-22+,41-23?/t27-,31-,32-,33-/m0/s1. The number of carbonyl (C=O) groups excluding carboxylic acids is 5. The van der Waals surface area contributed by atoms with Gasteiger partial charge in [0.25, 0.3) is 5.91 Å². The van der Waals surface area contributed by atoms with Crippen molar-refractivity contribution in [2.45, 2.75) is 125 Å². The van der Waals surface area contributed by atoms with E-state index in [9.17, 15) is 29.1 Å². The maximum atomic E-state index is 13.7. The van der Waals surface area contributed by atoms with Gasteiger partial charge >= 0.3 is 0 Å². The largest absolute Gasteiger partial charge is 0.404 e. The summed E-state index contributed by atoms with van der Waals surface area (Å²) in [7, 11) is 0. The number of aliphatic hydroxyl groups excluding tert-OH is 1. The zero-order valence-corrected chi connectivity index (χ0v) is 33.0. The number of nitrogens with zero attached hydrogens (tertiary/aromatic N) is 2. The lowest BCUT2D eigenvalue weighted by atomic mass is 9.87. The molecule has 4 atom stereocenters. The summed E-state index contributed by atoms with van der Waals surface area (Å²) in [6, 6.07) is 3.44. The number of Topliss-reactive ketones (excluding diaryl/α,β-unsaturated/α-hetero) is 1. The lowest BCUT2D eigenvalue weighted by molar-refractivity contribution is -0.135. The third-order valence-electron chi connectivity index (χ3n) is 8.76. The van der Waals surface area contributed by atoms with E-state index < -0.39 is 60.3 Å². The second-order valence-corrected chi connectivity index (χ2v) is 14.9. The summed E-state index contributed by atoms with van der Waals surface area (Å²) in [5.41, 5.74) is 7.52. The molecule has 0 aliphatic carbocycles. The van der Waals surface area contributed by atoms with Crippen LogP contribution in [-0.4, -0.2) is 96.0 Å². The van der Waals surface area contributed by atoms with Crippen LogP contribution < -0.4 is 27.0 Å². The number of nitrogens with two attached hydrogens (primary N) is 1. The van der Waals surface area contributed by atoms with Gasteiger partial charge in [0.1, 0.15) is 24.2 Å². The fourth-order valence-corrected chi connectivity index (χ4v) is 5.36. The highest BCUT2D eigenvalue weighted by molar-refractivity contribution is 6.13. The molecule has 0 heterocycles. The van der Waals surface area contributed by atoms with Crippen molar-refractivity contribution in [3.05, 3.63) is 41.6 Å². The van der Waals surface area contributed by atoms with Gasteiger partial charge in [0, 0.05) is 18.3 Å². The van der Waals surface area contributed by atoms with Crippen LogP contribution in [0.2, 0.25) is 0 Å². The molecule has 0 radical (unpaired) electrons. The van der Waals surface area contributed by atoms with Gasteiger partial charge in [-0.2, -0.15) is 0 Å². The summed E-state index contributed by atoms with van der Waals surface area (Å²) in [6.45, 7) is 21.2. The molecular weight excluding hydrogens is 662 g/mol. The fourth-order valence-electron chi connectivity index (χ4n) is 5.36. The van der Waals surface area contributed by atoms with E-state index in [1.165, 1.54) is 13.1 Å². The Morgan fingerprint density at radius 3 is 1.88 bits per heavy atom. The summed E-state index contributed by atoms with van der Waals surface area (Å²) in [6.07, 6.45) is 4.37. The Kier molecular flexibility index (Phi) is 20.1. The van der Waals surface area contributed by atoms with Gasteiger partial charge in [0.05, 0.1) is 17.9 Å². The van der Waals surface area contributed by atoms with Crippen LogP contribution in [-0.2, 0) is 29.4 Å². The normalized spacial score (nSPS) is 14.6. The minimum atomic E-state index is -1.11. The van der Waals surface area contributed by atoms with Crippen molar-refractivity contribution in [1.82, 2.24) is 26.2 Å². The Hall–Kier alpha value is -4.10. The molecule has 52 heavy (non-hydrogen) atoms. The van der Waals surface area contributed by atoms with Gasteiger partial charge in [-0.1, -0.05) is 74.4 Å². The van der Waals surface area contributed by atoms with Gasteiger partial charge in [-0.15, -0.1) is 0 Å². The first kappa shape index (κ1) is 45.9. The summed E-state index contributed by atoms with van der Waals surface area (Å²) < 4.78 is 0. The predicted molar refractivity (Wildman–Crippen MR) is 207 cm³/mol. The number of aliphatic hydroxyl groups is 1. The molecule has 0 unspecified atom stereocenters. The van der Waals surface area contributed by atoms with Gasteiger partial charge < -0.3 is 37.0 Å². The summed E-state index contributed by atoms with van der Waals surface area (Å²) in [5.74, 6) is -3.14. The smallest absolute Gasteiger partial charge is 0.254 e. The molecule has 1 rings (SSSR count). The van der Waals surface area contributed by atoms with Crippen molar-refractivity contribution in [1.29, 1.82) is 0 Å². The number of unbranched alkanes of at least 4 members (excludes halogenated alkanes) is 1. The fraction of sp³-hybridized carbons (Fsp3) is 0.641. The van der Waals surface area contributed by atoms with Crippen LogP contribution in [0.1, 0.15) is 100 Å². The first-order valence-corrected chi connectivity index (χ1v) is 18.5. The molecule has 0 saturated carbocycles. The molecule has 4 amide bonds. The second kappa shape index (κ2) is 22.8. The molecule has 0 spiro atoms. The molecular formula is C39H65N7O6. The van der Waals surface area contributed by atoms with Gasteiger partial charge in [-0.25, -0.2) is 0 Å². The van der Waals surface area contributed by atoms with Crippen molar-refractivity contribution < 1.29 is 29.1 Å². The quantitative estimate of drug-likeness (QED) is 0.0595. The first-order chi connectivity index (χ1) is 24.4. The van der Waals surface area contributed by atoms with E-state index in [-0.39, 0.29) is 35.5 Å². The minimum Gasteiger partial charge on any atom is -0.404 e. The number of benzene rings is 1. The summed E-state index contributed by atoms with van der Waals surface area (Å²) in [4.78, 5) is 72.7. The average molecular weight is 728 g/mol. The second-order valence-electron chi connectivity index (χ2n) is 14.9. The zero-order chi connectivity index (χ0) is 39.6. The van der Waals surface area contributed by atoms with E-state index in [1.54, 1.807) is 13.8 Å². The maximum absolute atomic E-state index is 13.7. The van der Waals surface area contributed by atoms with Crippen molar-refractivity contribution in [2.75, 3.05) is 26.2 Å². The first-order valence-electron chi connectivity index (χ1n) is 18.5. The molecule has 1 aromatic rings.